The van der Waals surface area contributed by atoms with Gasteiger partial charge in [0, 0.05) is 25.6 Å². The first-order valence-electron chi connectivity index (χ1n) is 7.82. The quantitative estimate of drug-likeness (QED) is 0.774. The van der Waals surface area contributed by atoms with E-state index in [1.54, 1.807) is 0 Å². The van der Waals surface area contributed by atoms with Crippen molar-refractivity contribution >= 4 is 5.91 Å². The third-order valence-corrected chi connectivity index (χ3v) is 5.02. The Labute approximate surface area is 125 Å². The van der Waals surface area contributed by atoms with Crippen LogP contribution < -0.4 is 10.6 Å². The lowest BCUT2D eigenvalue weighted by molar-refractivity contribution is -0.131. The van der Waals surface area contributed by atoms with E-state index in [0.717, 1.165) is 25.8 Å². The summed E-state index contributed by atoms with van der Waals surface area (Å²) in [5, 5.41) is 16.0. The highest BCUT2D eigenvalue weighted by molar-refractivity contribution is 5.83. The molecule has 1 aliphatic heterocycles. The lowest BCUT2D eigenvalue weighted by Gasteiger charge is -2.34. The van der Waals surface area contributed by atoms with E-state index in [4.69, 9.17) is 0 Å². The molecule has 4 heteroatoms. The second-order valence-electron chi connectivity index (χ2n) is 6.70. The second kappa shape index (κ2) is 5.78. The van der Waals surface area contributed by atoms with Gasteiger partial charge in [0.15, 0.2) is 0 Å². The molecule has 1 aromatic carbocycles. The van der Waals surface area contributed by atoms with Gasteiger partial charge in [-0.3, -0.25) is 4.79 Å². The van der Waals surface area contributed by atoms with Crippen LogP contribution in [-0.2, 0) is 17.6 Å². The average Bonchev–Trinajstić information content (AvgIpc) is 2.90. The lowest BCUT2D eigenvalue weighted by Crippen LogP contribution is -2.45. The molecule has 1 saturated heterocycles. The third-order valence-electron chi connectivity index (χ3n) is 5.02. The Morgan fingerprint density at radius 3 is 2.86 bits per heavy atom. The fourth-order valence-electron chi connectivity index (χ4n) is 3.45. The summed E-state index contributed by atoms with van der Waals surface area (Å²) in [5.74, 6) is 0.254. The normalized spacial score (nSPS) is 31.7. The number of aryl methyl sites for hydroxylation is 1. The highest BCUT2D eigenvalue weighted by Gasteiger charge is 2.37. The van der Waals surface area contributed by atoms with Crippen molar-refractivity contribution in [2.45, 2.75) is 32.3 Å². The van der Waals surface area contributed by atoms with Crippen molar-refractivity contribution in [1.29, 1.82) is 0 Å². The zero-order valence-electron chi connectivity index (χ0n) is 12.6. The standard InChI is InChI=1S/C17H24N2O2/c1-17(7-6-12-4-2-3-5-13(12)8-17)16(21)19-10-14-9-18-11-15(14)20/h2-5,14-15,18,20H,6-11H2,1H3,(H,19,21). The number of nitrogens with one attached hydrogen (secondary N) is 2. The van der Waals surface area contributed by atoms with E-state index in [0.29, 0.717) is 13.1 Å². The minimum Gasteiger partial charge on any atom is -0.391 e. The van der Waals surface area contributed by atoms with Crippen LogP contribution in [0.4, 0.5) is 0 Å². The van der Waals surface area contributed by atoms with Gasteiger partial charge in [-0.05, 0) is 30.4 Å². The molecule has 2 aliphatic rings. The number of benzene rings is 1. The maximum Gasteiger partial charge on any atom is 0.226 e. The van der Waals surface area contributed by atoms with Crippen LogP contribution in [0.1, 0.15) is 24.5 Å². The van der Waals surface area contributed by atoms with Gasteiger partial charge in [0.2, 0.25) is 5.91 Å². The number of aliphatic hydroxyl groups is 1. The van der Waals surface area contributed by atoms with Crippen LogP contribution in [0.15, 0.2) is 24.3 Å². The van der Waals surface area contributed by atoms with Crippen molar-refractivity contribution in [1.82, 2.24) is 10.6 Å². The minimum absolute atomic E-state index is 0.121. The summed E-state index contributed by atoms with van der Waals surface area (Å²) in [6, 6.07) is 8.40. The van der Waals surface area contributed by atoms with Crippen LogP contribution in [0.3, 0.4) is 0 Å². The van der Waals surface area contributed by atoms with Gasteiger partial charge in [-0.15, -0.1) is 0 Å². The molecule has 0 spiro atoms. The first-order valence-corrected chi connectivity index (χ1v) is 7.82. The minimum atomic E-state index is -0.342. The summed E-state index contributed by atoms with van der Waals surface area (Å²) in [6.45, 7) is 4.03. The molecule has 1 amide bonds. The van der Waals surface area contributed by atoms with Crippen molar-refractivity contribution in [3.05, 3.63) is 35.4 Å². The van der Waals surface area contributed by atoms with Gasteiger partial charge in [-0.25, -0.2) is 0 Å². The largest absolute Gasteiger partial charge is 0.391 e. The first-order chi connectivity index (χ1) is 10.1. The molecule has 4 nitrogen and oxygen atoms in total. The molecular formula is C17H24N2O2. The van der Waals surface area contributed by atoms with Gasteiger partial charge in [-0.1, -0.05) is 31.2 Å². The molecule has 3 N–H and O–H groups in total. The number of hydrogen-bond acceptors (Lipinski definition) is 3. The number of rotatable bonds is 3. The third kappa shape index (κ3) is 2.97. The van der Waals surface area contributed by atoms with Gasteiger partial charge < -0.3 is 15.7 Å². The lowest BCUT2D eigenvalue weighted by atomic mass is 9.72. The van der Waals surface area contributed by atoms with Crippen molar-refractivity contribution in [3.8, 4) is 0 Å². The Hall–Kier alpha value is -1.39. The summed E-state index contributed by atoms with van der Waals surface area (Å²) in [6.07, 6.45) is 2.32. The molecule has 0 saturated carbocycles. The molecule has 0 bridgehead atoms. The van der Waals surface area contributed by atoms with Crippen molar-refractivity contribution in [2.75, 3.05) is 19.6 Å². The van der Waals surface area contributed by atoms with E-state index in [2.05, 4.69) is 35.8 Å². The van der Waals surface area contributed by atoms with Crippen LogP contribution in [0.2, 0.25) is 0 Å². The number of fused-ring (bicyclic) bond motifs is 1. The van der Waals surface area contributed by atoms with E-state index in [-0.39, 0.29) is 23.3 Å². The van der Waals surface area contributed by atoms with Crippen molar-refractivity contribution in [2.24, 2.45) is 11.3 Å². The zero-order valence-corrected chi connectivity index (χ0v) is 12.6. The van der Waals surface area contributed by atoms with Crippen molar-refractivity contribution in [3.63, 3.8) is 0 Å². The van der Waals surface area contributed by atoms with Gasteiger partial charge in [0.05, 0.1) is 11.5 Å². The van der Waals surface area contributed by atoms with Crippen LogP contribution in [-0.4, -0.2) is 36.8 Å². The van der Waals surface area contributed by atoms with Gasteiger partial charge >= 0.3 is 0 Å². The second-order valence-corrected chi connectivity index (χ2v) is 6.70. The summed E-state index contributed by atoms with van der Waals surface area (Å²) in [7, 11) is 0. The van der Waals surface area contributed by atoms with E-state index >= 15 is 0 Å². The first kappa shape index (κ1) is 14.5. The Balaban J connectivity index is 1.62. The zero-order chi connectivity index (χ0) is 14.9. The van der Waals surface area contributed by atoms with Crippen LogP contribution in [0.5, 0.6) is 0 Å². The maximum absolute atomic E-state index is 12.6. The highest BCUT2D eigenvalue weighted by Crippen LogP contribution is 2.35. The number of carbonyl (C=O) groups excluding carboxylic acids is 1. The van der Waals surface area contributed by atoms with E-state index in [1.807, 2.05) is 6.07 Å². The Morgan fingerprint density at radius 2 is 2.14 bits per heavy atom. The number of β-amino-alcohol motifs (C(OH)–C–C–N with tert-alkyl or cyclic N) is 1. The molecule has 0 radical (unpaired) electrons. The number of aliphatic hydroxyl groups excluding tert-OH is 1. The summed E-state index contributed by atoms with van der Waals surface area (Å²) < 4.78 is 0. The number of carbonyl (C=O) groups is 1. The van der Waals surface area contributed by atoms with Gasteiger partial charge in [0.25, 0.3) is 0 Å². The molecule has 1 heterocycles. The SMILES string of the molecule is CC1(C(=O)NCC2CNCC2O)CCc2ccccc2C1. The Kier molecular flexibility index (Phi) is 4.00. The van der Waals surface area contributed by atoms with Crippen LogP contribution in [0, 0.1) is 11.3 Å². The number of hydrogen-bond donors (Lipinski definition) is 3. The number of amides is 1. The Morgan fingerprint density at radius 1 is 1.38 bits per heavy atom. The molecule has 21 heavy (non-hydrogen) atoms. The average molecular weight is 288 g/mol. The van der Waals surface area contributed by atoms with Crippen molar-refractivity contribution < 1.29 is 9.90 Å². The molecule has 1 aromatic rings. The molecule has 1 aliphatic carbocycles. The van der Waals surface area contributed by atoms with Crippen LogP contribution >= 0.6 is 0 Å². The fraction of sp³-hybridized carbons (Fsp3) is 0.588. The van der Waals surface area contributed by atoms with Crippen LogP contribution in [0.25, 0.3) is 0 Å². The van der Waals surface area contributed by atoms with E-state index < -0.39 is 0 Å². The predicted octanol–water partition coefficient (Wildman–Crippen LogP) is 0.878. The maximum atomic E-state index is 12.6. The topological polar surface area (TPSA) is 61.4 Å². The summed E-state index contributed by atoms with van der Waals surface area (Å²) >= 11 is 0. The van der Waals surface area contributed by atoms with E-state index in [1.165, 1.54) is 11.1 Å². The van der Waals surface area contributed by atoms with E-state index in [9.17, 15) is 9.90 Å². The Bertz CT molecular complexity index is 531. The smallest absolute Gasteiger partial charge is 0.226 e. The van der Waals surface area contributed by atoms with Gasteiger partial charge in [0.1, 0.15) is 0 Å². The van der Waals surface area contributed by atoms with Gasteiger partial charge in [-0.2, -0.15) is 0 Å². The molecule has 3 unspecified atom stereocenters. The summed E-state index contributed by atoms with van der Waals surface area (Å²) in [5.41, 5.74) is 2.34. The predicted molar refractivity (Wildman–Crippen MR) is 82.0 cm³/mol. The molecule has 3 atom stereocenters. The fourth-order valence-corrected chi connectivity index (χ4v) is 3.45. The summed E-state index contributed by atoms with van der Waals surface area (Å²) in [4.78, 5) is 12.6. The monoisotopic (exact) mass is 288 g/mol. The molecule has 3 rings (SSSR count). The molecule has 114 valence electrons. The molecule has 0 aromatic heterocycles. The molecular weight excluding hydrogens is 264 g/mol. The highest BCUT2D eigenvalue weighted by atomic mass is 16.3. The molecule has 1 fully saturated rings.